The van der Waals surface area contributed by atoms with E-state index in [2.05, 4.69) is 20.3 Å². The molecule has 0 amide bonds. The number of anilines is 1. The zero-order valence-corrected chi connectivity index (χ0v) is 9.65. The van der Waals surface area contributed by atoms with Crippen molar-refractivity contribution >= 4 is 17.4 Å². The van der Waals surface area contributed by atoms with E-state index in [1.54, 1.807) is 12.5 Å². The van der Waals surface area contributed by atoms with E-state index >= 15 is 0 Å². The molecule has 0 unspecified atom stereocenters. The number of rotatable bonds is 4. The second-order valence-electron chi connectivity index (χ2n) is 3.37. The molecule has 0 radical (unpaired) electrons. The normalized spacial score (nSPS) is 10.4. The Morgan fingerprint density at radius 3 is 3.06 bits per heavy atom. The first kappa shape index (κ1) is 10.9. The molecule has 0 aliphatic carbocycles. The molecule has 2 heterocycles. The molecule has 16 heavy (non-hydrogen) atoms. The molecule has 2 aromatic heterocycles. The van der Waals surface area contributed by atoms with Crippen LogP contribution in [0, 0.1) is 6.92 Å². The maximum absolute atomic E-state index is 5.89. The van der Waals surface area contributed by atoms with E-state index in [0.29, 0.717) is 5.15 Å². The summed E-state index contributed by atoms with van der Waals surface area (Å²) in [5.74, 6) is 0.778. The smallest absolute Gasteiger partial charge is 0.137 e. The molecule has 0 aliphatic heterocycles. The number of nitrogens with one attached hydrogen (secondary N) is 1. The highest BCUT2D eigenvalue weighted by atomic mass is 35.5. The van der Waals surface area contributed by atoms with Crippen molar-refractivity contribution < 1.29 is 0 Å². The predicted molar refractivity (Wildman–Crippen MR) is 62.5 cm³/mol. The van der Waals surface area contributed by atoms with Crippen LogP contribution in [0.2, 0.25) is 5.15 Å². The summed E-state index contributed by atoms with van der Waals surface area (Å²) < 4.78 is 1.99. The van der Waals surface area contributed by atoms with Crippen molar-refractivity contribution in [2.45, 2.75) is 13.5 Å². The zero-order chi connectivity index (χ0) is 11.4. The van der Waals surface area contributed by atoms with Crippen molar-refractivity contribution in [1.29, 1.82) is 0 Å². The van der Waals surface area contributed by atoms with Gasteiger partial charge in [-0.05, 0) is 6.92 Å². The fraction of sp³-hybridized carbons (Fsp3) is 0.300. The first-order valence-corrected chi connectivity index (χ1v) is 5.32. The van der Waals surface area contributed by atoms with Gasteiger partial charge in [-0.25, -0.2) is 15.0 Å². The lowest BCUT2D eigenvalue weighted by Gasteiger charge is -2.08. The lowest BCUT2D eigenvalue weighted by Crippen LogP contribution is -2.11. The summed E-state index contributed by atoms with van der Waals surface area (Å²) in [4.78, 5) is 12.0. The fourth-order valence-corrected chi connectivity index (χ4v) is 1.46. The van der Waals surface area contributed by atoms with Gasteiger partial charge < -0.3 is 9.88 Å². The maximum Gasteiger partial charge on any atom is 0.137 e. The third-order valence-electron chi connectivity index (χ3n) is 2.24. The zero-order valence-electron chi connectivity index (χ0n) is 8.89. The van der Waals surface area contributed by atoms with Crippen molar-refractivity contribution in [3.63, 3.8) is 0 Å². The molecule has 1 N–H and O–H groups in total. The molecule has 0 saturated heterocycles. The van der Waals surface area contributed by atoms with Gasteiger partial charge in [-0.3, -0.25) is 0 Å². The van der Waals surface area contributed by atoms with Gasteiger partial charge in [0.1, 0.15) is 17.3 Å². The third-order valence-corrected chi connectivity index (χ3v) is 2.63. The lowest BCUT2D eigenvalue weighted by molar-refractivity contribution is 0.724. The van der Waals surface area contributed by atoms with Crippen molar-refractivity contribution in [1.82, 2.24) is 19.5 Å². The molecule has 6 heteroatoms. The second-order valence-corrected chi connectivity index (χ2v) is 3.72. The van der Waals surface area contributed by atoms with Gasteiger partial charge >= 0.3 is 0 Å². The number of hydrogen-bond donors (Lipinski definition) is 1. The SMILES string of the molecule is Cc1c(Cl)ncnc1NCCn1ccnc1. The number of aromatic nitrogens is 4. The Balaban J connectivity index is 1.92. The van der Waals surface area contributed by atoms with Crippen molar-refractivity contribution in [2.24, 2.45) is 0 Å². The number of hydrogen-bond acceptors (Lipinski definition) is 4. The summed E-state index contributed by atoms with van der Waals surface area (Å²) in [5, 5.41) is 3.69. The largest absolute Gasteiger partial charge is 0.368 e. The van der Waals surface area contributed by atoms with Crippen LogP contribution in [0.25, 0.3) is 0 Å². The summed E-state index contributed by atoms with van der Waals surface area (Å²) >= 11 is 5.89. The van der Waals surface area contributed by atoms with Gasteiger partial charge in [0.2, 0.25) is 0 Å². The molecule has 84 valence electrons. The monoisotopic (exact) mass is 237 g/mol. The average molecular weight is 238 g/mol. The summed E-state index contributed by atoms with van der Waals surface area (Å²) in [6.45, 7) is 3.49. The molecule has 0 saturated carbocycles. The second kappa shape index (κ2) is 4.94. The highest BCUT2D eigenvalue weighted by molar-refractivity contribution is 6.30. The maximum atomic E-state index is 5.89. The molecular formula is C10H12ClN5. The number of halogens is 1. The van der Waals surface area contributed by atoms with E-state index in [1.807, 2.05) is 17.7 Å². The first-order chi connectivity index (χ1) is 7.77. The van der Waals surface area contributed by atoms with Crippen molar-refractivity contribution in [3.05, 3.63) is 35.8 Å². The topological polar surface area (TPSA) is 55.6 Å². The van der Waals surface area contributed by atoms with Gasteiger partial charge in [-0.1, -0.05) is 11.6 Å². The quantitative estimate of drug-likeness (QED) is 0.824. The van der Waals surface area contributed by atoms with Gasteiger partial charge in [0.15, 0.2) is 0 Å². The molecule has 0 bridgehead atoms. The minimum Gasteiger partial charge on any atom is -0.368 e. The van der Waals surface area contributed by atoms with E-state index in [9.17, 15) is 0 Å². The van der Waals surface area contributed by atoms with E-state index in [4.69, 9.17) is 11.6 Å². The van der Waals surface area contributed by atoms with Gasteiger partial charge in [-0.2, -0.15) is 0 Å². The van der Waals surface area contributed by atoms with Crippen LogP contribution in [0.4, 0.5) is 5.82 Å². The molecule has 0 spiro atoms. The summed E-state index contributed by atoms with van der Waals surface area (Å²) in [6, 6.07) is 0. The Kier molecular flexibility index (Phi) is 3.36. The van der Waals surface area contributed by atoms with Gasteiger partial charge in [-0.15, -0.1) is 0 Å². The Morgan fingerprint density at radius 1 is 1.44 bits per heavy atom. The van der Waals surface area contributed by atoms with Crippen LogP contribution in [-0.4, -0.2) is 26.1 Å². The lowest BCUT2D eigenvalue weighted by atomic mass is 10.3. The number of imidazole rings is 1. The third kappa shape index (κ3) is 2.49. The highest BCUT2D eigenvalue weighted by Crippen LogP contribution is 2.17. The molecule has 2 aromatic rings. The molecule has 5 nitrogen and oxygen atoms in total. The molecule has 0 aromatic carbocycles. The average Bonchev–Trinajstić information content (AvgIpc) is 2.77. The summed E-state index contributed by atoms with van der Waals surface area (Å²) in [7, 11) is 0. The van der Waals surface area contributed by atoms with Crippen LogP contribution >= 0.6 is 11.6 Å². The van der Waals surface area contributed by atoms with Gasteiger partial charge in [0.25, 0.3) is 0 Å². The fourth-order valence-electron chi connectivity index (χ4n) is 1.33. The van der Waals surface area contributed by atoms with Crippen LogP contribution in [0.5, 0.6) is 0 Å². The van der Waals surface area contributed by atoms with E-state index in [1.165, 1.54) is 6.33 Å². The molecular weight excluding hydrogens is 226 g/mol. The molecule has 0 fully saturated rings. The minimum atomic E-state index is 0.486. The Hall–Kier alpha value is -1.62. The Bertz CT molecular complexity index is 454. The van der Waals surface area contributed by atoms with Gasteiger partial charge in [0, 0.05) is 31.0 Å². The summed E-state index contributed by atoms with van der Waals surface area (Å²) in [6.07, 6.45) is 6.91. The van der Waals surface area contributed by atoms with Crippen LogP contribution in [-0.2, 0) is 6.54 Å². The van der Waals surface area contributed by atoms with Crippen LogP contribution in [0.3, 0.4) is 0 Å². The van der Waals surface area contributed by atoms with Crippen molar-refractivity contribution in [3.8, 4) is 0 Å². The van der Waals surface area contributed by atoms with E-state index in [-0.39, 0.29) is 0 Å². The summed E-state index contributed by atoms with van der Waals surface area (Å²) in [5.41, 5.74) is 0.870. The minimum absolute atomic E-state index is 0.486. The van der Waals surface area contributed by atoms with E-state index in [0.717, 1.165) is 24.5 Å². The van der Waals surface area contributed by atoms with Gasteiger partial charge in [0.05, 0.1) is 6.33 Å². The Morgan fingerprint density at radius 2 is 2.31 bits per heavy atom. The molecule has 2 rings (SSSR count). The number of nitrogens with zero attached hydrogens (tertiary/aromatic N) is 4. The standard InChI is InChI=1S/C10H12ClN5/c1-8-9(11)14-6-15-10(8)13-3-5-16-4-2-12-7-16/h2,4,6-7H,3,5H2,1H3,(H,13,14,15). The van der Waals surface area contributed by atoms with Crippen molar-refractivity contribution in [2.75, 3.05) is 11.9 Å². The Labute approximate surface area is 98.5 Å². The molecule has 0 atom stereocenters. The van der Waals surface area contributed by atoms with E-state index < -0.39 is 0 Å². The van der Waals surface area contributed by atoms with Crippen LogP contribution < -0.4 is 5.32 Å². The first-order valence-electron chi connectivity index (χ1n) is 4.94. The van der Waals surface area contributed by atoms with Crippen LogP contribution in [0.1, 0.15) is 5.56 Å². The predicted octanol–water partition coefficient (Wildman–Crippen LogP) is 1.75. The molecule has 0 aliphatic rings. The van der Waals surface area contributed by atoms with Crippen LogP contribution in [0.15, 0.2) is 25.0 Å². The highest BCUT2D eigenvalue weighted by Gasteiger charge is 2.03.